The largest absolute Gasteiger partial charge is 0.313 e. The van der Waals surface area contributed by atoms with Crippen LogP contribution in [0.2, 0.25) is 0 Å². The Balaban J connectivity index is 2.07. The number of hydrogen-bond acceptors (Lipinski definition) is 3. The Morgan fingerprint density at radius 2 is 2.00 bits per heavy atom. The summed E-state index contributed by atoms with van der Waals surface area (Å²) >= 11 is 0. The summed E-state index contributed by atoms with van der Waals surface area (Å²) in [5.74, 6) is -0.319. The second kappa shape index (κ2) is 8.43. The van der Waals surface area contributed by atoms with Crippen LogP contribution < -0.4 is 4.90 Å². The van der Waals surface area contributed by atoms with E-state index in [1.54, 1.807) is 17.0 Å². The molecule has 0 spiro atoms. The van der Waals surface area contributed by atoms with Crippen LogP contribution in [0.1, 0.15) is 36.7 Å². The number of rotatable bonds is 7. The Hall–Kier alpha value is -2.68. The lowest BCUT2D eigenvalue weighted by Crippen LogP contribution is -2.30. The first-order valence-corrected chi connectivity index (χ1v) is 8.43. The van der Waals surface area contributed by atoms with Gasteiger partial charge in [-0.3, -0.25) is 9.48 Å². The summed E-state index contributed by atoms with van der Waals surface area (Å²) in [6, 6.07) is 8.07. The zero-order valence-corrected chi connectivity index (χ0v) is 14.9. The summed E-state index contributed by atoms with van der Waals surface area (Å²) in [7, 11) is 0. The van der Waals surface area contributed by atoms with Crippen LogP contribution in [0.3, 0.4) is 0 Å². The first kappa shape index (κ1) is 18.7. The van der Waals surface area contributed by atoms with Crippen LogP contribution >= 0.6 is 0 Å². The van der Waals surface area contributed by atoms with Crippen molar-refractivity contribution in [2.24, 2.45) is 0 Å². The number of halogens is 1. The van der Waals surface area contributed by atoms with Gasteiger partial charge in [0.05, 0.1) is 24.7 Å². The summed E-state index contributed by atoms with van der Waals surface area (Å²) < 4.78 is 14.9. The molecule has 0 N–H and O–H groups in total. The maximum absolute atomic E-state index is 13.1. The molecule has 1 heterocycles. The number of anilines is 1. The van der Waals surface area contributed by atoms with Crippen LogP contribution in [0, 0.1) is 31.0 Å². The molecule has 25 heavy (non-hydrogen) atoms. The topological polar surface area (TPSA) is 61.9 Å². The number of hydrogen-bond donors (Lipinski definition) is 0. The molecule has 1 aromatic carbocycles. The molecular formula is C19H23FN4O. The first-order valence-electron chi connectivity index (χ1n) is 8.43. The molecule has 0 atom stereocenters. The minimum Gasteiger partial charge on any atom is -0.313 e. The minimum atomic E-state index is -0.316. The van der Waals surface area contributed by atoms with Gasteiger partial charge in [0.25, 0.3) is 0 Å². The fraction of sp³-hybridized carbons (Fsp3) is 0.421. The molecule has 132 valence electrons. The number of carbonyl (C=O) groups is 1. The number of nitriles is 1. The van der Waals surface area contributed by atoms with Gasteiger partial charge < -0.3 is 4.90 Å². The second-order valence-electron chi connectivity index (χ2n) is 5.90. The first-order chi connectivity index (χ1) is 12.0. The van der Waals surface area contributed by atoms with Crippen molar-refractivity contribution in [1.29, 1.82) is 5.26 Å². The van der Waals surface area contributed by atoms with Crippen molar-refractivity contribution in [2.45, 2.75) is 46.6 Å². The van der Waals surface area contributed by atoms with Crippen LogP contribution in [0.5, 0.6) is 0 Å². The molecular weight excluding hydrogens is 319 g/mol. The number of benzene rings is 1. The summed E-state index contributed by atoms with van der Waals surface area (Å²) in [6.45, 7) is 6.89. The molecule has 0 aliphatic rings. The Morgan fingerprint density at radius 1 is 1.32 bits per heavy atom. The van der Waals surface area contributed by atoms with Gasteiger partial charge in [-0.2, -0.15) is 10.4 Å². The van der Waals surface area contributed by atoms with Crippen LogP contribution in [-0.2, 0) is 17.8 Å². The van der Waals surface area contributed by atoms with Crippen molar-refractivity contribution < 1.29 is 9.18 Å². The lowest BCUT2D eigenvalue weighted by atomic mass is 10.1. The van der Waals surface area contributed by atoms with Gasteiger partial charge in [0.15, 0.2) is 0 Å². The van der Waals surface area contributed by atoms with Gasteiger partial charge in [-0.05, 0) is 57.0 Å². The van der Waals surface area contributed by atoms with Gasteiger partial charge >= 0.3 is 0 Å². The van der Waals surface area contributed by atoms with E-state index in [1.807, 2.05) is 25.5 Å². The van der Waals surface area contributed by atoms with E-state index in [1.165, 1.54) is 12.1 Å². The highest BCUT2D eigenvalue weighted by molar-refractivity contribution is 5.93. The molecule has 0 fully saturated rings. The smallest absolute Gasteiger partial charge is 0.227 e. The molecule has 1 amide bonds. The van der Waals surface area contributed by atoms with Gasteiger partial charge in [0.1, 0.15) is 5.82 Å². The Morgan fingerprint density at radius 3 is 2.60 bits per heavy atom. The molecule has 0 aliphatic carbocycles. The number of aryl methyl sites for hydroxylation is 2. The molecule has 0 bridgehead atoms. The standard InChI is InChI=1S/C19H23FN4O/c1-4-23(17-8-6-16(20)7-9-17)19(25)11-10-18-14(2)22-24(15(18)3)13-5-12-21/h6-9H,4-5,10-11,13H2,1-3H3. The van der Waals surface area contributed by atoms with Crippen molar-refractivity contribution in [3.63, 3.8) is 0 Å². The minimum absolute atomic E-state index is 0.00215. The van der Waals surface area contributed by atoms with E-state index in [9.17, 15) is 9.18 Å². The van der Waals surface area contributed by atoms with Crippen LogP contribution in [0.25, 0.3) is 0 Å². The highest BCUT2D eigenvalue weighted by Gasteiger charge is 2.17. The van der Waals surface area contributed by atoms with Gasteiger partial charge in [-0.1, -0.05) is 0 Å². The van der Waals surface area contributed by atoms with E-state index in [4.69, 9.17) is 5.26 Å². The van der Waals surface area contributed by atoms with Gasteiger partial charge in [-0.25, -0.2) is 4.39 Å². The molecule has 0 unspecified atom stereocenters. The molecule has 0 aliphatic heterocycles. The second-order valence-corrected chi connectivity index (χ2v) is 5.90. The van der Waals surface area contributed by atoms with Crippen molar-refractivity contribution in [1.82, 2.24) is 9.78 Å². The number of amides is 1. The SMILES string of the molecule is CCN(C(=O)CCc1c(C)nn(CCC#N)c1C)c1ccc(F)cc1. The summed E-state index contributed by atoms with van der Waals surface area (Å²) in [6.07, 6.45) is 1.37. The third-order valence-electron chi connectivity index (χ3n) is 4.31. The van der Waals surface area contributed by atoms with Gasteiger partial charge in [-0.15, -0.1) is 0 Å². The van der Waals surface area contributed by atoms with Crippen LogP contribution in [0.15, 0.2) is 24.3 Å². The predicted molar refractivity (Wildman–Crippen MR) is 94.7 cm³/mol. The quantitative estimate of drug-likeness (QED) is 0.773. The fourth-order valence-corrected chi connectivity index (χ4v) is 2.96. The predicted octanol–water partition coefficient (Wildman–Crippen LogP) is 3.54. The van der Waals surface area contributed by atoms with E-state index in [2.05, 4.69) is 11.2 Å². The van der Waals surface area contributed by atoms with Crippen molar-refractivity contribution in [2.75, 3.05) is 11.4 Å². The zero-order chi connectivity index (χ0) is 18.4. The Bertz CT molecular complexity index is 774. The molecule has 2 rings (SSSR count). The van der Waals surface area contributed by atoms with E-state index in [-0.39, 0.29) is 11.7 Å². The van der Waals surface area contributed by atoms with Crippen LogP contribution in [-0.4, -0.2) is 22.2 Å². The highest BCUT2D eigenvalue weighted by Crippen LogP contribution is 2.19. The molecule has 0 saturated carbocycles. The fourth-order valence-electron chi connectivity index (χ4n) is 2.96. The normalized spacial score (nSPS) is 10.5. The lowest BCUT2D eigenvalue weighted by Gasteiger charge is -2.21. The summed E-state index contributed by atoms with van der Waals surface area (Å²) in [5, 5.41) is 13.2. The van der Waals surface area contributed by atoms with E-state index in [0.717, 1.165) is 17.0 Å². The lowest BCUT2D eigenvalue weighted by molar-refractivity contribution is -0.118. The van der Waals surface area contributed by atoms with Crippen molar-refractivity contribution in [3.8, 4) is 6.07 Å². The van der Waals surface area contributed by atoms with Crippen molar-refractivity contribution in [3.05, 3.63) is 47.0 Å². The highest BCUT2D eigenvalue weighted by atomic mass is 19.1. The maximum atomic E-state index is 13.1. The number of carbonyl (C=O) groups excluding carboxylic acids is 1. The van der Waals surface area contributed by atoms with Crippen LogP contribution in [0.4, 0.5) is 10.1 Å². The summed E-state index contributed by atoms with van der Waals surface area (Å²) in [5.41, 5.74) is 3.66. The average molecular weight is 342 g/mol. The third-order valence-corrected chi connectivity index (χ3v) is 4.31. The maximum Gasteiger partial charge on any atom is 0.227 e. The van der Waals surface area contributed by atoms with E-state index in [0.29, 0.717) is 38.0 Å². The molecule has 0 radical (unpaired) electrons. The van der Waals surface area contributed by atoms with Crippen molar-refractivity contribution >= 4 is 11.6 Å². The molecule has 0 saturated heterocycles. The van der Waals surface area contributed by atoms with Gasteiger partial charge in [0.2, 0.25) is 5.91 Å². The monoisotopic (exact) mass is 342 g/mol. The number of nitrogens with zero attached hydrogens (tertiary/aromatic N) is 4. The molecule has 2 aromatic rings. The molecule has 6 heteroatoms. The Kier molecular flexibility index (Phi) is 6.29. The molecule has 1 aromatic heterocycles. The summed E-state index contributed by atoms with van der Waals surface area (Å²) in [4.78, 5) is 14.3. The van der Waals surface area contributed by atoms with E-state index >= 15 is 0 Å². The number of aromatic nitrogens is 2. The van der Waals surface area contributed by atoms with E-state index < -0.39 is 0 Å². The third kappa shape index (κ3) is 4.44. The Labute approximate surface area is 147 Å². The zero-order valence-electron chi connectivity index (χ0n) is 14.9. The molecule has 5 nitrogen and oxygen atoms in total. The average Bonchev–Trinajstić information content (AvgIpc) is 2.87. The van der Waals surface area contributed by atoms with Gasteiger partial charge in [0, 0.05) is 24.3 Å².